The third-order valence-electron chi connectivity index (χ3n) is 8.32. The number of nitro benzene ring substituents is 1. The first-order valence-electron chi connectivity index (χ1n) is 16.0. The van der Waals surface area contributed by atoms with Gasteiger partial charge in [0.2, 0.25) is 5.75 Å². The molecule has 0 bridgehead atoms. The number of fused-ring (bicyclic) bond motifs is 2. The normalized spacial score (nSPS) is 11.5. The molecule has 0 fully saturated rings. The minimum absolute atomic E-state index is 0.0113. The zero-order valence-corrected chi connectivity index (χ0v) is 28.0. The fourth-order valence-electron chi connectivity index (χ4n) is 5.89. The largest absolute Gasteiger partial charge is 0.496 e. The number of hydrogen-bond donors (Lipinski definition) is 0. The van der Waals surface area contributed by atoms with Crippen LogP contribution in [0.5, 0.6) is 17.2 Å². The van der Waals surface area contributed by atoms with Crippen LogP contribution in [0.1, 0.15) is 48.9 Å². The summed E-state index contributed by atoms with van der Waals surface area (Å²) < 4.78 is 18.9. The maximum absolute atomic E-state index is 13.9. The molecule has 0 unspecified atom stereocenters. The molecular formula is C39H36N4O6. The Bertz CT molecular complexity index is 2290. The van der Waals surface area contributed by atoms with Crippen LogP contribution in [0.3, 0.4) is 0 Å². The number of nitro groups is 1. The van der Waals surface area contributed by atoms with Crippen LogP contribution in [0.2, 0.25) is 0 Å². The summed E-state index contributed by atoms with van der Waals surface area (Å²) in [7, 11) is 1.63. The molecule has 248 valence electrons. The smallest absolute Gasteiger partial charge is 0.315 e. The van der Waals surface area contributed by atoms with E-state index in [9.17, 15) is 14.9 Å². The highest BCUT2D eigenvalue weighted by molar-refractivity contribution is 5.86. The third kappa shape index (κ3) is 6.58. The Kier molecular flexibility index (Phi) is 9.39. The van der Waals surface area contributed by atoms with Gasteiger partial charge in [-0.2, -0.15) is 9.78 Å². The van der Waals surface area contributed by atoms with Crippen molar-refractivity contribution in [2.45, 2.75) is 40.2 Å². The average Bonchev–Trinajstić information content (AvgIpc) is 3.10. The number of hydrogen-bond acceptors (Lipinski definition) is 8. The van der Waals surface area contributed by atoms with Gasteiger partial charge in [-0.25, -0.2) is 4.98 Å². The Hall–Kier alpha value is -6.03. The van der Waals surface area contributed by atoms with Crippen molar-refractivity contribution in [3.8, 4) is 28.6 Å². The van der Waals surface area contributed by atoms with E-state index < -0.39 is 4.92 Å². The van der Waals surface area contributed by atoms with E-state index in [2.05, 4.69) is 18.9 Å². The van der Waals surface area contributed by atoms with Gasteiger partial charge in [0, 0.05) is 17.2 Å². The standard InChI is InChI=1S/C39H36N4O6/c1-6-48-36-20-26(19-34(43(45)46)37(36)49-23-28-14-11-13-27-12-7-8-15-29(27)28)22-40-42-38(41-33-17-10-9-16-30(33)39(42)44)32-21-31(24(2)3)35(47-5)18-25(32)4/h7-22,24H,6,23H2,1-5H3. The van der Waals surface area contributed by atoms with Crippen LogP contribution in [-0.4, -0.2) is 34.5 Å². The predicted molar refractivity (Wildman–Crippen MR) is 192 cm³/mol. The molecule has 49 heavy (non-hydrogen) atoms. The zero-order chi connectivity index (χ0) is 34.7. The molecule has 1 heterocycles. The second-order valence-corrected chi connectivity index (χ2v) is 11.9. The summed E-state index contributed by atoms with van der Waals surface area (Å²) in [6.45, 7) is 8.18. The molecule has 0 saturated heterocycles. The van der Waals surface area contributed by atoms with Gasteiger partial charge in [0.15, 0.2) is 11.6 Å². The van der Waals surface area contributed by atoms with E-state index in [0.29, 0.717) is 27.9 Å². The topological polar surface area (TPSA) is 118 Å². The van der Waals surface area contributed by atoms with Crippen molar-refractivity contribution < 1.29 is 19.1 Å². The van der Waals surface area contributed by atoms with Crippen molar-refractivity contribution in [1.82, 2.24) is 9.66 Å². The van der Waals surface area contributed by atoms with Crippen LogP contribution in [0, 0.1) is 17.0 Å². The number of aromatic nitrogens is 2. The van der Waals surface area contributed by atoms with E-state index in [1.54, 1.807) is 38.3 Å². The first-order valence-corrected chi connectivity index (χ1v) is 16.0. The molecule has 0 aliphatic heterocycles. The van der Waals surface area contributed by atoms with E-state index in [0.717, 1.165) is 33.2 Å². The molecule has 5 aromatic carbocycles. The van der Waals surface area contributed by atoms with E-state index >= 15 is 0 Å². The molecule has 1 aromatic heterocycles. The van der Waals surface area contributed by atoms with Crippen LogP contribution in [0.15, 0.2) is 101 Å². The number of para-hydroxylation sites is 1. The highest BCUT2D eigenvalue weighted by Gasteiger charge is 2.24. The second kappa shape index (κ2) is 14.0. The minimum Gasteiger partial charge on any atom is -0.496 e. The molecular weight excluding hydrogens is 620 g/mol. The zero-order valence-electron chi connectivity index (χ0n) is 28.0. The summed E-state index contributed by atoms with van der Waals surface area (Å²) >= 11 is 0. The van der Waals surface area contributed by atoms with Gasteiger partial charge in [-0.3, -0.25) is 14.9 Å². The summed E-state index contributed by atoms with van der Waals surface area (Å²) in [5.41, 5.74) is 3.59. The number of aryl methyl sites for hydroxylation is 1. The number of ether oxygens (including phenoxy) is 3. The third-order valence-corrected chi connectivity index (χ3v) is 8.32. The quantitative estimate of drug-likeness (QED) is 0.0780. The summed E-state index contributed by atoms with van der Waals surface area (Å²) in [6, 6.07) is 27.7. The first kappa shape index (κ1) is 32.9. The molecule has 6 aromatic rings. The maximum Gasteiger partial charge on any atom is 0.315 e. The van der Waals surface area contributed by atoms with Gasteiger partial charge in [0.25, 0.3) is 5.56 Å². The van der Waals surface area contributed by atoms with Crippen molar-refractivity contribution in [2.24, 2.45) is 5.10 Å². The molecule has 0 spiro atoms. The summed E-state index contributed by atoms with van der Waals surface area (Å²) in [5.74, 6) is 1.41. The van der Waals surface area contributed by atoms with Gasteiger partial charge in [-0.15, -0.1) is 0 Å². The lowest BCUT2D eigenvalue weighted by molar-refractivity contribution is -0.386. The van der Waals surface area contributed by atoms with Crippen LogP contribution in [0.25, 0.3) is 33.1 Å². The van der Waals surface area contributed by atoms with Crippen molar-refractivity contribution >= 4 is 33.6 Å². The van der Waals surface area contributed by atoms with Gasteiger partial charge in [0.05, 0.1) is 35.8 Å². The molecule has 0 atom stereocenters. The summed E-state index contributed by atoms with van der Waals surface area (Å²) in [6.07, 6.45) is 1.40. The Labute approximate surface area is 283 Å². The van der Waals surface area contributed by atoms with E-state index in [4.69, 9.17) is 19.2 Å². The Balaban J connectivity index is 1.46. The van der Waals surface area contributed by atoms with Crippen molar-refractivity contribution in [3.63, 3.8) is 0 Å². The maximum atomic E-state index is 13.9. The number of rotatable bonds is 11. The molecule has 0 radical (unpaired) electrons. The lowest BCUT2D eigenvalue weighted by Gasteiger charge is -2.17. The van der Waals surface area contributed by atoms with Gasteiger partial charge >= 0.3 is 5.69 Å². The van der Waals surface area contributed by atoms with Gasteiger partial charge in [0.1, 0.15) is 12.4 Å². The van der Waals surface area contributed by atoms with Crippen molar-refractivity contribution in [1.29, 1.82) is 0 Å². The van der Waals surface area contributed by atoms with E-state index in [1.165, 1.54) is 17.0 Å². The van der Waals surface area contributed by atoms with E-state index in [1.807, 2.05) is 67.6 Å². The molecule has 0 N–H and O–H groups in total. The van der Waals surface area contributed by atoms with Crippen LogP contribution in [0.4, 0.5) is 5.69 Å². The lowest BCUT2D eigenvalue weighted by Crippen LogP contribution is -2.21. The fraction of sp³-hybridized carbons (Fsp3) is 0.205. The van der Waals surface area contributed by atoms with Gasteiger partial charge in [-0.1, -0.05) is 68.4 Å². The highest BCUT2D eigenvalue weighted by atomic mass is 16.6. The van der Waals surface area contributed by atoms with Crippen molar-refractivity contribution in [3.05, 3.63) is 134 Å². The highest BCUT2D eigenvalue weighted by Crippen LogP contribution is 2.39. The molecule has 0 aliphatic carbocycles. The minimum atomic E-state index is -0.512. The molecule has 10 heteroatoms. The predicted octanol–water partition coefficient (Wildman–Crippen LogP) is 8.43. The van der Waals surface area contributed by atoms with Gasteiger partial charge in [-0.05, 0) is 77.6 Å². The Morgan fingerprint density at radius 2 is 1.67 bits per heavy atom. The Morgan fingerprint density at radius 3 is 2.41 bits per heavy atom. The lowest BCUT2D eigenvalue weighted by atomic mass is 9.96. The SMILES string of the molecule is CCOc1cc(C=Nn2c(-c3cc(C(C)C)c(OC)cc3C)nc3ccccc3c2=O)cc([N+](=O)[O-])c1OCc1cccc2ccccc12. The first-order chi connectivity index (χ1) is 23.7. The van der Waals surface area contributed by atoms with E-state index in [-0.39, 0.29) is 41.9 Å². The second-order valence-electron chi connectivity index (χ2n) is 11.9. The van der Waals surface area contributed by atoms with Crippen LogP contribution in [-0.2, 0) is 6.61 Å². The number of methoxy groups -OCH3 is 1. The molecule has 10 nitrogen and oxygen atoms in total. The Morgan fingerprint density at radius 1 is 0.939 bits per heavy atom. The number of benzene rings is 5. The monoisotopic (exact) mass is 656 g/mol. The van der Waals surface area contributed by atoms with Crippen LogP contribution >= 0.6 is 0 Å². The fourth-order valence-corrected chi connectivity index (χ4v) is 5.89. The van der Waals surface area contributed by atoms with Crippen molar-refractivity contribution in [2.75, 3.05) is 13.7 Å². The molecule has 0 amide bonds. The molecule has 6 rings (SSSR count). The van der Waals surface area contributed by atoms with Gasteiger partial charge < -0.3 is 14.2 Å². The summed E-state index contributed by atoms with van der Waals surface area (Å²) in [4.78, 5) is 30.7. The summed E-state index contributed by atoms with van der Waals surface area (Å²) in [5, 5.41) is 19.4. The molecule has 0 saturated carbocycles. The number of nitrogens with zero attached hydrogens (tertiary/aromatic N) is 4. The molecule has 0 aliphatic rings. The van der Waals surface area contributed by atoms with Crippen LogP contribution < -0.4 is 19.8 Å². The average molecular weight is 657 g/mol.